The van der Waals surface area contributed by atoms with Crippen LogP contribution in [0.4, 0.5) is 0 Å². The number of hydrogen-bond donors (Lipinski definition) is 0. The van der Waals surface area contributed by atoms with Gasteiger partial charge in [-0.05, 0) is 47.9 Å². The molecule has 0 radical (unpaired) electrons. The van der Waals surface area contributed by atoms with Crippen LogP contribution in [0.3, 0.4) is 0 Å². The van der Waals surface area contributed by atoms with Gasteiger partial charge in [-0.3, -0.25) is 9.59 Å². The number of hydrogen-bond acceptors (Lipinski definition) is 4. The van der Waals surface area contributed by atoms with E-state index in [1.165, 1.54) is 11.6 Å². The predicted molar refractivity (Wildman–Crippen MR) is 115 cm³/mol. The SMILES string of the molecule is CCc1ccc(C(=O)N2CCN(C(=O)/C=C/c3cc(Cl)c4c(c3)OCO4)CC2)cc1. The van der Waals surface area contributed by atoms with Gasteiger partial charge in [-0.15, -0.1) is 0 Å². The van der Waals surface area contributed by atoms with Crippen molar-refractivity contribution in [3.05, 3.63) is 64.2 Å². The van der Waals surface area contributed by atoms with Gasteiger partial charge in [0.25, 0.3) is 5.91 Å². The molecule has 156 valence electrons. The molecule has 2 heterocycles. The number of rotatable bonds is 4. The maximum Gasteiger partial charge on any atom is 0.253 e. The van der Waals surface area contributed by atoms with Crippen LogP contribution in [-0.2, 0) is 11.2 Å². The lowest BCUT2D eigenvalue weighted by atomic mass is 10.1. The smallest absolute Gasteiger partial charge is 0.253 e. The number of piperazine rings is 1. The number of carbonyl (C=O) groups excluding carboxylic acids is 2. The molecule has 2 aliphatic rings. The van der Waals surface area contributed by atoms with E-state index in [0.717, 1.165) is 12.0 Å². The topological polar surface area (TPSA) is 59.1 Å². The Labute approximate surface area is 180 Å². The van der Waals surface area contributed by atoms with Gasteiger partial charge in [0.15, 0.2) is 11.5 Å². The maximum atomic E-state index is 12.7. The van der Waals surface area contributed by atoms with Gasteiger partial charge in [-0.25, -0.2) is 0 Å². The van der Waals surface area contributed by atoms with E-state index in [9.17, 15) is 9.59 Å². The Bertz CT molecular complexity index is 979. The van der Waals surface area contributed by atoms with Crippen molar-refractivity contribution in [3.63, 3.8) is 0 Å². The van der Waals surface area contributed by atoms with E-state index in [0.29, 0.717) is 48.3 Å². The highest BCUT2D eigenvalue weighted by atomic mass is 35.5. The molecule has 2 aromatic rings. The Hall–Kier alpha value is -2.99. The summed E-state index contributed by atoms with van der Waals surface area (Å²) in [4.78, 5) is 28.8. The summed E-state index contributed by atoms with van der Waals surface area (Å²) in [5.41, 5.74) is 2.66. The molecule has 1 saturated heterocycles. The monoisotopic (exact) mass is 426 g/mol. The summed E-state index contributed by atoms with van der Waals surface area (Å²) in [6, 6.07) is 11.2. The second-order valence-corrected chi connectivity index (χ2v) is 7.65. The first-order valence-electron chi connectivity index (χ1n) is 9.99. The molecule has 0 spiro atoms. The Morgan fingerprint density at radius 1 is 1.03 bits per heavy atom. The fourth-order valence-electron chi connectivity index (χ4n) is 3.55. The molecule has 0 N–H and O–H groups in total. The Morgan fingerprint density at radius 2 is 1.73 bits per heavy atom. The van der Waals surface area contributed by atoms with Crippen LogP contribution in [0, 0.1) is 0 Å². The molecule has 4 rings (SSSR count). The van der Waals surface area contributed by atoms with Gasteiger partial charge in [0.1, 0.15) is 0 Å². The molecule has 0 aliphatic carbocycles. The van der Waals surface area contributed by atoms with Crippen molar-refractivity contribution in [2.75, 3.05) is 33.0 Å². The normalized spacial score (nSPS) is 15.7. The van der Waals surface area contributed by atoms with E-state index in [1.54, 1.807) is 28.0 Å². The van der Waals surface area contributed by atoms with Crippen LogP contribution in [-0.4, -0.2) is 54.6 Å². The summed E-state index contributed by atoms with van der Waals surface area (Å²) in [5, 5.41) is 0.455. The zero-order valence-electron chi connectivity index (χ0n) is 16.8. The van der Waals surface area contributed by atoms with E-state index < -0.39 is 0 Å². The molecule has 1 fully saturated rings. The number of carbonyl (C=O) groups is 2. The van der Waals surface area contributed by atoms with Crippen LogP contribution in [0.15, 0.2) is 42.5 Å². The number of aryl methyl sites for hydroxylation is 1. The highest BCUT2D eigenvalue weighted by molar-refractivity contribution is 6.32. The van der Waals surface area contributed by atoms with E-state index >= 15 is 0 Å². The van der Waals surface area contributed by atoms with Crippen LogP contribution in [0.5, 0.6) is 11.5 Å². The first kappa shape index (κ1) is 20.3. The van der Waals surface area contributed by atoms with Crippen molar-refractivity contribution in [2.45, 2.75) is 13.3 Å². The van der Waals surface area contributed by atoms with Gasteiger partial charge < -0.3 is 19.3 Å². The molecule has 0 saturated carbocycles. The minimum absolute atomic E-state index is 0.00953. The van der Waals surface area contributed by atoms with Crippen molar-refractivity contribution >= 4 is 29.5 Å². The Morgan fingerprint density at radius 3 is 2.43 bits per heavy atom. The molecule has 0 aromatic heterocycles. The van der Waals surface area contributed by atoms with E-state index in [4.69, 9.17) is 21.1 Å². The van der Waals surface area contributed by atoms with Crippen LogP contribution >= 0.6 is 11.6 Å². The third-order valence-corrected chi connectivity index (χ3v) is 5.64. The highest BCUT2D eigenvalue weighted by Crippen LogP contribution is 2.40. The molecule has 6 nitrogen and oxygen atoms in total. The third-order valence-electron chi connectivity index (χ3n) is 5.36. The van der Waals surface area contributed by atoms with Crippen LogP contribution < -0.4 is 9.47 Å². The van der Waals surface area contributed by atoms with Gasteiger partial charge in [0, 0.05) is 37.8 Å². The van der Waals surface area contributed by atoms with E-state index in [1.807, 2.05) is 24.3 Å². The molecule has 2 amide bonds. The van der Waals surface area contributed by atoms with Gasteiger partial charge in [0.2, 0.25) is 12.7 Å². The maximum absolute atomic E-state index is 12.7. The van der Waals surface area contributed by atoms with Crippen molar-refractivity contribution in [2.24, 2.45) is 0 Å². The molecule has 30 heavy (non-hydrogen) atoms. The number of nitrogens with zero attached hydrogens (tertiary/aromatic N) is 2. The number of fused-ring (bicyclic) bond motifs is 1. The Balaban J connectivity index is 1.33. The fourth-order valence-corrected chi connectivity index (χ4v) is 3.83. The summed E-state index contributed by atoms with van der Waals surface area (Å²) in [6.07, 6.45) is 4.18. The predicted octanol–water partition coefficient (Wildman–Crippen LogP) is 3.63. The highest BCUT2D eigenvalue weighted by Gasteiger charge is 2.24. The summed E-state index contributed by atoms with van der Waals surface area (Å²) < 4.78 is 10.6. The third kappa shape index (κ3) is 4.28. The van der Waals surface area contributed by atoms with Crippen molar-refractivity contribution in [1.29, 1.82) is 0 Å². The first-order chi connectivity index (χ1) is 14.5. The standard InChI is InChI=1S/C23H23ClN2O4/c1-2-16-3-6-18(7-4-16)23(28)26-11-9-25(10-12-26)21(27)8-5-17-13-19(24)22-20(14-17)29-15-30-22/h3-8,13-14H,2,9-12,15H2,1H3/b8-5+. The fraction of sp³-hybridized carbons (Fsp3) is 0.304. The van der Waals surface area contributed by atoms with Gasteiger partial charge in [0.05, 0.1) is 5.02 Å². The lowest BCUT2D eigenvalue weighted by Crippen LogP contribution is -2.50. The summed E-state index contributed by atoms with van der Waals surface area (Å²) in [6.45, 7) is 4.27. The summed E-state index contributed by atoms with van der Waals surface area (Å²) >= 11 is 6.18. The lowest BCUT2D eigenvalue weighted by molar-refractivity contribution is -0.127. The molecule has 2 aliphatic heterocycles. The summed E-state index contributed by atoms with van der Waals surface area (Å²) in [5.74, 6) is 1.03. The van der Waals surface area contributed by atoms with Crippen molar-refractivity contribution in [3.8, 4) is 11.5 Å². The minimum Gasteiger partial charge on any atom is -0.454 e. The summed E-state index contributed by atoms with van der Waals surface area (Å²) in [7, 11) is 0. The number of ether oxygens (including phenoxy) is 2. The average molecular weight is 427 g/mol. The molecule has 0 bridgehead atoms. The Kier molecular flexibility index (Phi) is 5.95. The van der Waals surface area contributed by atoms with Crippen LogP contribution in [0.25, 0.3) is 6.08 Å². The van der Waals surface area contributed by atoms with Gasteiger partial charge >= 0.3 is 0 Å². The quantitative estimate of drug-likeness (QED) is 0.700. The molecular weight excluding hydrogens is 404 g/mol. The largest absolute Gasteiger partial charge is 0.454 e. The lowest BCUT2D eigenvalue weighted by Gasteiger charge is -2.34. The van der Waals surface area contributed by atoms with Gasteiger partial charge in [-0.1, -0.05) is 30.7 Å². The minimum atomic E-state index is -0.0943. The van der Waals surface area contributed by atoms with E-state index in [2.05, 4.69) is 6.92 Å². The second kappa shape index (κ2) is 8.79. The molecule has 2 aromatic carbocycles. The van der Waals surface area contributed by atoms with Crippen LogP contribution in [0.1, 0.15) is 28.4 Å². The van der Waals surface area contributed by atoms with E-state index in [-0.39, 0.29) is 18.6 Å². The second-order valence-electron chi connectivity index (χ2n) is 7.24. The number of halogens is 1. The van der Waals surface area contributed by atoms with Crippen molar-refractivity contribution < 1.29 is 19.1 Å². The van der Waals surface area contributed by atoms with Gasteiger partial charge in [-0.2, -0.15) is 0 Å². The molecular formula is C23H23ClN2O4. The number of amides is 2. The zero-order valence-corrected chi connectivity index (χ0v) is 17.5. The molecule has 7 heteroatoms. The first-order valence-corrected chi connectivity index (χ1v) is 10.4. The molecule has 0 atom stereocenters. The molecule has 0 unspecified atom stereocenters. The van der Waals surface area contributed by atoms with Crippen molar-refractivity contribution in [1.82, 2.24) is 9.80 Å². The zero-order chi connectivity index (χ0) is 21.1. The number of benzene rings is 2. The average Bonchev–Trinajstić information content (AvgIpc) is 3.26. The van der Waals surface area contributed by atoms with Crippen LogP contribution in [0.2, 0.25) is 5.02 Å².